The standard InChI is InChI=1S/C34H37FN8O4S/c1-33(2,3)47-28(44)17-34(46)8-12-41(13-9-34)27-7-6-21(18-37-27)22-15-24(35)23-19-43(40-25(23)16-22)30(31(45)39-32-36-10-14-48-32)29-26-5-4-11-42(26)20-38-29/h6-7,10,14-16,18-20,30,46H,4-5,8-9,11-13,17H2,1-3H3,(H,36,39,45). The minimum Gasteiger partial charge on any atom is -0.460 e. The van der Waals surface area contributed by atoms with Crippen molar-refractivity contribution in [2.75, 3.05) is 23.3 Å². The minimum atomic E-state index is -1.12. The molecular weight excluding hydrogens is 635 g/mol. The third-order valence-electron chi connectivity index (χ3n) is 8.81. The second-order valence-electron chi connectivity index (χ2n) is 13.5. The summed E-state index contributed by atoms with van der Waals surface area (Å²) in [4.78, 5) is 41.4. The molecule has 0 spiro atoms. The molecule has 14 heteroatoms. The molecule has 1 fully saturated rings. The van der Waals surface area contributed by atoms with E-state index < -0.39 is 29.0 Å². The zero-order chi connectivity index (χ0) is 33.6. The normalized spacial score (nSPS) is 16.6. The van der Waals surface area contributed by atoms with E-state index in [4.69, 9.17) is 9.84 Å². The van der Waals surface area contributed by atoms with Crippen LogP contribution in [-0.4, -0.2) is 70.6 Å². The van der Waals surface area contributed by atoms with Crippen molar-refractivity contribution in [2.24, 2.45) is 0 Å². The number of nitrogens with one attached hydrogen (secondary N) is 1. The Morgan fingerprint density at radius 2 is 1.94 bits per heavy atom. The Morgan fingerprint density at radius 1 is 1.12 bits per heavy atom. The van der Waals surface area contributed by atoms with Crippen LogP contribution in [0.1, 0.15) is 63.9 Å². The number of rotatable bonds is 8. The first-order chi connectivity index (χ1) is 22.9. The molecule has 2 aliphatic heterocycles. The van der Waals surface area contributed by atoms with Gasteiger partial charge >= 0.3 is 5.97 Å². The van der Waals surface area contributed by atoms with E-state index in [9.17, 15) is 14.7 Å². The van der Waals surface area contributed by atoms with Gasteiger partial charge in [0, 0.05) is 54.9 Å². The van der Waals surface area contributed by atoms with Gasteiger partial charge in [-0.25, -0.2) is 19.3 Å². The van der Waals surface area contributed by atoms with Crippen molar-refractivity contribution in [3.63, 3.8) is 0 Å². The van der Waals surface area contributed by atoms with Crippen molar-refractivity contribution < 1.29 is 23.8 Å². The van der Waals surface area contributed by atoms with Crippen LogP contribution in [0.4, 0.5) is 15.3 Å². The predicted molar refractivity (Wildman–Crippen MR) is 179 cm³/mol. The van der Waals surface area contributed by atoms with Crippen LogP contribution in [0.3, 0.4) is 0 Å². The molecule has 2 N–H and O–H groups in total. The molecule has 2 aliphatic rings. The number of pyridine rings is 1. The Hall–Kier alpha value is -4.69. The van der Waals surface area contributed by atoms with Crippen molar-refractivity contribution in [1.29, 1.82) is 0 Å². The lowest BCUT2D eigenvalue weighted by Crippen LogP contribution is -2.46. The number of ether oxygens (including phenoxy) is 1. The van der Waals surface area contributed by atoms with Crippen LogP contribution in [0.5, 0.6) is 0 Å². The molecule has 0 bridgehead atoms. The Bertz CT molecular complexity index is 1960. The summed E-state index contributed by atoms with van der Waals surface area (Å²) in [6.07, 6.45) is 9.13. The molecule has 0 radical (unpaired) electrons. The van der Waals surface area contributed by atoms with Gasteiger partial charge in [-0.15, -0.1) is 11.3 Å². The SMILES string of the molecule is CC(C)(C)OC(=O)CC1(O)CCN(c2ccc(-c3cc(F)c4cn(C(C(=O)Nc5nccs5)c5ncn6c5CCC6)nc4c3)cn2)CC1. The van der Waals surface area contributed by atoms with Crippen molar-refractivity contribution in [3.8, 4) is 11.1 Å². The zero-order valence-electron chi connectivity index (χ0n) is 27.0. The summed E-state index contributed by atoms with van der Waals surface area (Å²) in [5, 5.41) is 21.1. The smallest absolute Gasteiger partial charge is 0.309 e. The summed E-state index contributed by atoms with van der Waals surface area (Å²) in [6.45, 7) is 7.31. The Kier molecular flexibility index (Phi) is 8.24. The first kappa shape index (κ1) is 31.9. The molecule has 1 saturated heterocycles. The van der Waals surface area contributed by atoms with E-state index in [1.54, 1.807) is 57.1 Å². The van der Waals surface area contributed by atoms with Crippen LogP contribution in [0.15, 0.2) is 54.6 Å². The minimum absolute atomic E-state index is 0.0457. The van der Waals surface area contributed by atoms with Crippen LogP contribution in [0.25, 0.3) is 22.0 Å². The highest BCUT2D eigenvalue weighted by Gasteiger charge is 2.36. The molecule has 5 aromatic rings. The second kappa shape index (κ2) is 12.4. The number of imidazole rings is 1. The molecule has 1 amide bonds. The van der Waals surface area contributed by atoms with Gasteiger partial charge in [0.25, 0.3) is 5.91 Å². The highest BCUT2D eigenvalue weighted by Crippen LogP contribution is 2.33. The average Bonchev–Trinajstić information content (AvgIpc) is 3.84. The van der Waals surface area contributed by atoms with Crippen LogP contribution < -0.4 is 10.2 Å². The number of carbonyl (C=O) groups is 2. The molecule has 1 unspecified atom stereocenters. The molecule has 4 aromatic heterocycles. The second-order valence-corrected chi connectivity index (χ2v) is 14.4. The van der Waals surface area contributed by atoms with Gasteiger partial charge in [-0.05, 0) is 76.3 Å². The largest absolute Gasteiger partial charge is 0.460 e. The van der Waals surface area contributed by atoms with Crippen LogP contribution in [-0.2, 0) is 27.3 Å². The summed E-state index contributed by atoms with van der Waals surface area (Å²) in [5.74, 6) is -0.500. The number of carbonyl (C=O) groups excluding carboxylic acids is 2. The first-order valence-corrected chi connectivity index (χ1v) is 16.9. The monoisotopic (exact) mass is 672 g/mol. The number of halogens is 1. The Morgan fingerprint density at radius 3 is 2.65 bits per heavy atom. The number of thiazole rings is 1. The molecule has 12 nitrogen and oxygen atoms in total. The van der Waals surface area contributed by atoms with Gasteiger partial charge in [-0.2, -0.15) is 5.10 Å². The van der Waals surface area contributed by atoms with Gasteiger partial charge in [0.15, 0.2) is 11.2 Å². The molecule has 6 heterocycles. The summed E-state index contributed by atoms with van der Waals surface area (Å²) >= 11 is 1.31. The van der Waals surface area contributed by atoms with E-state index in [1.807, 2.05) is 16.7 Å². The highest BCUT2D eigenvalue weighted by atomic mass is 32.1. The number of benzene rings is 1. The third-order valence-corrected chi connectivity index (χ3v) is 9.50. The van der Waals surface area contributed by atoms with Gasteiger partial charge in [-0.3, -0.25) is 19.6 Å². The highest BCUT2D eigenvalue weighted by molar-refractivity contribution is 7.13. The number of esters is 1. The number of fused-ring (bicyclic) bond motifs is 2. The van der Waals surface area contributed by atoms with E-state index in [1.165, 1.54) is 22.1 Å². The number of hydrogen-bond donors (Lipinski definition) is 2. The maximum absolute atomic E-state index is 15.6. The fourth-order valence-electron chi connectivity index (χ4n) is 6.48. The molecule has 1 aromatic carbocycles. The number of hydrogen-bond acceptors (Lipinski definition) is 10. The molecule has 250 valence electrons. The third kappa shape index (κ3) is 6.54. The lowest BCUT2D eigenvalue weighted by atomic mass is 9.88. The maximum Gasteiger partial charge on any atom is 0.309 e. The predicted octanol–water partition coefficient (Wildman–Crippen LogP) is 5.13. The molecular formula is C34H37FN8O4S. The van der Waals surface area contributed by atoms with E-state index in [0.717, 1.165) is 30.9 Å². The number of anilines is 2. The van der Waals surface area contributed by atoms with Crippen LogP contribution in [0.2, 0.25) is 0 Å². The summed E-state index contributed by atoms with van der Waals surface area (Å²) in [7, 11) is 0. The zero-order valence-corrected chi connectivity index (χ0v) is 27.8. The molecule has 0 aliphatic carbocycles. The summed E-state index contributed by atoms with van der Waals surface area (Å²) in [5.41, 5.74) is 1.55. The lowest BCUT2D eigenvalue weighted by molar-refractivity contribution is -0.161. The van der Waals surface area contributed by atoms with Crippen LogP contribution in [0, 0.1) is 5.82 Å². The Balaban J connectivity index is 1.10. The van der Waals surface area contributed by atoms with Crippen molar-refractivity contribution in [2.45, 2.75) is 76.7 Å². The number of nitrogens with zero attached hydrogens (tertiary/aromatic N) is 7. The van der Waals surface area contributed by atoms with Crippen molar-refractivity contribution in [1.82, 2.24) is 29.3 Å². The van der Waals surface area contributed by atoms with E-state index in [0.29, 0.717) is 58.8 Å². The summed E-state index contributed by atoms with van der Waals surface area (Å²) in [6, 6.07) is 6.07. The average molecular weight is 673 g/mol. The maximum atomic E-state index is 15.6. The first-order valence-electron chi connectivity index (χ1n) is 16.0. The van der Waals surface area contributed by atoms with E-state index in [-0.39, 0.29) is 12.3 Å². The number of piperidine rings is 1. The fraction of sp³-hybridized carbons (Fsp3) is 0.412. The number of aryl methyl sites for hydroxylation is 1. The number of aromatic nitrogens is 6. The molecule has 0 saturated carbocycles. The van der Waals surface area contributed by atoms with E-state index in [2.05, 4.69) is 25.2 Å². The fourth-order valence-corrected chi connectivity index (χ4v) is 7.01. The molecule has 48 heavy (non-hydrogen) atoms. The van der Waals surface area contributed by atoms with Gasteiger partial charge in [0.1, 0.15) is 17.2 Å². The van der Waals surface area contributed by atoms with Crippen LogP contribution >= 0.6 is 11.3 Å². The summed E-state index contributed by atoms with van der Waals surface area (Å²) < 4.78 is 24.6. The molecule has 1 atom stereocenters. The number of amides is 1. The topological polar surface area (TPSA) is 140 Å². The van der Waals surface area contributed by atoms with Crippen molar-refractivity contribution in [3.05, 3.63) is 71.8 Å². The van der Waals surface area contributed by atoms with Crippen molar-refractivity contribution >= 4 is 45.1 Å². The van der Waals surface area contributed by atoms with Gasteiger partial charge in [0.2, 0.25) is 0 Å². The Labute approximate surface area is 280 Å². The van der Waals surface area contributed by atoms with Gasteiger partial charge < -0.3 is 19.3 Å². The lowest BCUT2D eigenvalue weighted by Gasteiger charge is -2.38. The van der Waals surface area contributed by atoms with Gasteiger partial charge in [-0.1, -0.05) is 0 Å². The van der Waals surface area contributed by atoms with Gasteiger partial charge in [0.05, 0.1) is 34.9 Å². The molecule has 7 rings (SSSR count). The number of aliphatic hydroxyl groups is 1. The van der Waals surface area contributed by atoms with E-state index >= 15 is 4.39 Å². The quantitative estimate of drug-likeness (QED) is 0.215.